The van der Waals surface area contributed by atoms with Crippen molar-refractivity contribution in [2.75, 3.05) is 39.3 Å². The number of benzene rings is 2. The lowest BCUT2D eigenvalue weighted by molar-refractivity contribution is -0.140. The Hall–Kier alpha value is -3.12. The van der Waals surface area contributed by atoms with Crippen LogP contribution >= 0.6 is 0 Å². The SMILES string of the molecule is COCCN1C(=O)C(=O)C(=C(O)c2cc(C)ccc2C)C1c1ccc(N(C)C)cc1. The normalized spacial score (nSPS) is 18.2. The fourth-order valence-electron chi connectivity index (χ4n) is 3.74. The number of methoxy groups -OCH3 is 1. The molecule has 1 fully saturated rings. The number of anilines is 1. The molecule has 1 N–H and O–H groups in total. The van der Waals surface area contributed by atoms with Gasteiger partial charge in [-0.25, -0.2) is 0 Å². The van der Waals surface area contributed by atoms with Crippen LogP contribution in [0.5, 0.6) is 0 Å². The van der Waals surface area contributed by atoms with E-state index in [0.29, 0.717) is 12.2 Å². The van der Waals surface area contributed by atoms with E-state index in [2.05, 4.69) is 0 Å². The van der Waals surface area contributed by atoms with E-state index in [-0.39, 0.29) is 17.9 Å². The third-order valence-corrected chi connectivity index (χ3v) is 5.45. The van der Waals surface area contributed by atoms with Crippen LogP contribution in [0.1, 0.15) is 28.3 Å². The van der Waals surface area contributed by atoms with Crippen LogP contribution in [0.3, 0.4) is 0 Å². The van der Waals surface area contributed by atoms with Crippen LogP contribution < -0.4 is 4.90 Å². The van der Waals surface area contributed by atoms with Crippen molar-refractivity contribution in [2.45, 2.75) is 19.9 Å². The second kappa shape index (κ2) is 8.71. The third kappa shape index (κ3) is 3.96. The van der Waals surface area contributed by atoms with Gasteiger partial charge in [-0.1, -0.05) is 29.8 Å². The zero-order valence-electron chi connectivity index (χ0n) is 18.1. The zero-order valence-corrected chi connectivity index (χ0v) is 18.1. The number of ketones is 1. The number of rotatable bonds is 6. The van der Waals surface area contributed by atoms with Gasteiger partial charge in [0.05, 0.1) is 18.2 Å². The summed E-state index contributed by atoms with van der Waals surface area (Å²) in [5.74, 6) is -1.44. The molecular formula is C24H28N2O4. The summed E-state index contributed by atoms with van der Waals surface area (Å²) in [5, 5.41) is 11.2. The van der Waals surface area contributed by atoms with E-state index in [1.165, 1.54) is 4.90 Å². The summed E-state index contributed by atoms with van der Waals surface area (Å²) >= 11 is 0. The van der Waals surface area contributed by atoms with Gasteiger partial charge >= 0.3 is 0 Å². The number of hydrogen-bond donors (Lipinski definition) is 1. The number of aliphatic hydroxyl groups excluding tert-OH is 1. The van der Waals surface area contributed by atoms with E-state index < -0.39 is 17.7 Å². The summed E-state index contributed by atoms with van der Waals surface area (Å²) in [6.07, 6.45) is 0. The summed E-state index contributed by atoms with van der Waals surface area (Å²) in [6.45, 7) is 4.34. The average molecular weight is 408 g/mol. The minimum Gasteiger partial charge on any atom is -0.507 e. The van der Waals surface area contributed by atoms with Gasteiger partial charge in [-0.2, -0.15) is 0 Å². The Balaban J connectivity index is 2.18. The molecule has 0 radical (unpaired) electrons. The van der Waals surface area contributed by atoms with Gasteiger partial charge in [0.25, 0.3) is 11.7 Å². The third-order valence-electron chi connectivity index (χ3n) is 5.45. The molecule has 2 aromatic rings. The van der Waals surface area contributed by atoms with E-state index >= 15 is 0 Å². The topological polar surface area (TPSA) is 70.1 Å². The maximum absolute atomic E-state index is 13.0. The number of aryl methyl sites for hydroxylation is 2. The molecule has 0 spiro atoms. The van der Waals surface area contributed by atoms with Crippen LogP contribution in [0.25, 0.3) is 5.76 Å². The van der Waals surface area contributed by atoms with E-state index in [0.717, 1.165) is 22.4 Å². The Morgan fingerprint density at radius 3 is 2.37 bits per heavy atom. The van der Waals surface area contributed by atoms with E-state index in [4.69, 9.17) is 4.74 Å². The fourth-order valence-corrected chi connectivity index (χ4v) is 3.74. The molecule has 6 nitrogen and oxygen atoms in total. The molecule has 1 amide bonds. The van der Waals surface area contributed by atoms with Crippen LogP contribution in [0.4, 0.5) is 5.69 Å². The molecule has 6 heteroatoms. The first kappa shape index (κ1) is 21.6. The molecule has 0 bridgehead atoms. The van der Waals surface area contributed by atoms with Crippen molar-refractivity contribution < 1.29 is 19.4 Å². The molecule has 0 aromatic heterocycles. The number of nitrogens with zero attached hydrogens (tertiary/aromatic N) is 2. The van der Waals surface area contributed by atoms with Crippen molar-refractivity contribution in [3.63, 3.8) is 0 Å². The average Bonchev–Trinajstić information content (AvgIpc) is 2.98. The molecule has 1 unspecified atom stereocenters. The minimum absolute atomic E-state index is 0.113. The first-order chi connectivity index (χ1) is 14.3. The summed E-state index contributed by atoms with van der Waals surface area (Å²) in [5.41, 5.74) is 4.24. The van der Waals surface area contributed by atoms with Crippen LogP contribution in [0.2, 0.25) is 0 Å². The van der Waals surface area contributed by atoms with Crippen molar-refractivity contribution in [3.8, 4) is 0 Å². The number of Topliss-reactive ketones (excluding diaryl/α,β-unsaturated/α-hetero) is 1. The smallest absolute Gasteiger partial charge is 0.295 e. The molecule has 3 rings (SSSR count). The highest BCUT2D eigenvalue weighted by Gasteiger charge is 2.46. The van der Waals surface area contributed by atoms with E-state index in [1.54, 1.807) is 7.11 Å². The Morgan fingerprint density at radius 1 is 1.10 bits per heavy atom. The predicted octanol–water partition coefficient (Wildman–Crippen LogP) is 3.44. The molecular weight excluding hydrogens is 380 g/mol. The van der Waals surface area contributed by atoms with Gasteiger partial charge in [-0.15, -0.1) is 0 Å². The van der Waals surface area contributed by atoms with Crippen molar-refractivity contribution in [1.29, 1.82) is 0 Å². The molecule has 1 atom stereocenters. The molecule has 0 aliphatic carbocycles. The fraction of sp³-hybridized carbons (Fsp3) is 0.333. The molecule has 1 heterocycles. The van der Waals surface area contributed by atoms with Gasteiger partial charge < -0.3 is 19.6 Å². The number of likely N-dealkylation sites (tertiary alicyclic amines) is 1. The first-order valence-electron chi connectivity index (χ1n) is 9.88. The van der Waals surface area contributed by atoms with Crippen molar-refractivity contribution >= 4 is 23.1 Å². The largest absolute Gasteiger partial charge is 0.507 e. The number of carbonyl (C=O) groups is 2. The van der Waals surface area contributed by atoms with E-state index in [1.807, 2.05) is 75.3 Å². The van der Waals surface area contributed by atoms with Crippen LogP contribution in [0, 0.1) is 13.8 Å². The lowest BCUT2D eigenvalue weighted by Crippen LogP contribution is -2.32. The number of hydrogen-bond acceptors (Lipinski definition) is 5. The molecule has 1 saturated heterocycles. The van der Waals surface area contributed by atoms with Crippen LogP contribution in [-0.2, 0) is 14.3 Å². The lowest BCUT2D eigenvalue weighted by Gasteiger charge is -2.25. The number of ether oxygens (including phenoxy) is 1. The maximum Gasteiger partial charge on any atom is 0.295 e. The van der Waals surface area contributed by atoms with Gasteiger partial charge in [-0.3, -0.25) is 9.59 Å². The molecule has 0 saturated carbocycles. The lowest BCUT2D eigenvalue weighted by atomic mass is 9.93. The molecule has 158 valence electrons. The van der Waals surface area contributed by atoms with Gasteiger partial charge in [0.15, 0.2) is 0 Å². The quantitative estimate of drug-likeness (QED) is 0.450. The Bertz CT molecular complexity index is 993. The van der Waals surface area contributed by atoms with Crippen LogP contribution in [-0.4, -0.2) is 56.1 Å². The highest BCUT2D eigenvalue weighted by Crippen LogP contribution is 2.40. The Kier molecular flexibility index (Phi) is 6.27. The molecule has 30 heavy (non-hydrogen) atoms. The molecule has 1 aliphatic heterocycles. The second-order valence-electron chi connectivity index (χ2n) is 7.79. The second-order valence-corrected chi connectivity index (χ2v) is 7.79. The van der Waals surface area contributed by atoms with E-state index in [9.17, 15) is 14.7 Å². The monoisotopic (exact) mass is 408 g/mol. The summed E-state index contributed by atoms with van der Waals surface area (Å²) in [6, 6.07) is 12.7. The van der Waals surface area contributed by atoms with Gasteiger partial charge in [-0.05, 0) is 43.2 Å². The number of amides is 1. The summed E-state index contributed by atoms with van der Waals surface area (Å²) in [7, 11) is 5.44. The molecule has 1 aliphatic rings. The van der Waals surface area contributed by atoms with Crippen LogP contribution in [0.15, 0.2) is 48.0 Å². The number of aliphatic hydroxyl groups is 1. The van der Waals surface area contributed by atoms with Crippen molar-refractivity contribution in [2.24, 2.45) is 0 Å². The highest BCUT2D eigenvalue weighted by molar-refractivity contribution is 6.46. The van der Waals surface area contributed by atoms with Gasteiger partial charge in [0.2, 0.25) is 0 Å². The summed E-state index contributed by atoms with van der Waals surface area (Å²) in [4.78, 5) is 29.3. The zero-order chi connectivity index (χ0) is 22.0. The highest BCUT2D eigenvalue weighted by atomic mass is 16.5. The Labute approximate surface area is 177 Å². The number of carbonyl (C=O) groups excluding carboxylic acids is 2. The maximum atomic E-state index is 13.0. The van der Waals surface area contributed by atoms with Crippen molar-refractivity contribution in [1.82, 2.24) is 4.90 Å². The predicted molar refractivity (Wildman–Crippen MR) is 118 cm³/mol. The minimum atomic E-state index is -0.675. The standard InChI is InChI=1S/C24H28N2O4/c1-15-6-7-16(2)19(14-15)22(27)20-21(17-8-10-18(11-9-17)25(3)4)26(12-13-30-5)24(29)23(20)28/h6-11,14,21,27H,12-13H2,1-5H3. The van der Waals surface area contributed by atoms with Gasteiger partial charge in [0.1, 0.15) is 5.76 Å². The summed E-state index contributed by atoms with van der Waals surface area (Å²) < 4.78 is 5.15. The Morgan fingerprint density at radius 2 is 1.77 bits per heavy atom. The van der Waals surface area contributed by atoms with Crippen molar-refractivity contribution in [3.05, 3.63) is 70.3 Å². The van der Waals surface area contributed by atoms with Gasteiger partial charge in [0, 0.05) is 39.0 Å². The molecule has 2 aromatic carbocycles. The first-order valence-corrected chi connectivity index (χ1v) is 9.88.